The number of nitrogens with zero attached hydrogens (tertiary/aromatic N) is 4. The molecule has 8 nitrogen and oxygen atoms in total. The molecule has 0 aliphatic carbocycles. The number of piperidine rings is 1. The van der Waals surface area contributed by atoms with Gasteiger partial charge in [-0.2, -0.15) is 5.10 Å². The van der Waals surface area contributed by atoms with Gasteiger partial charge in [-0.1, -0.05) is 0 Å². The summed E-state index contributed by atoms with van der Waals surface area (Å²) in [4.78, 5) is 30.9. The molecule has 2 amide bonds. The van der Waals surface area contributed by atoms with Crippen molar-refractivity contribution in [1.82, 2.24) is 30.3 Å². The number of hydrogen-bond donors (Lipinski definition) is 2. The molecular formula is C20H27ClN6O2. The standard InChI is InChI=1S/C20H26N6O2.ClH/c27-19(18-4-1-9-22-18)23-11-15-3-2-10-25(12-15)20(28)16-5-7-17(8-6-16)26-14-21-13-24-26;/h5-8,13-15,18,22H,1-4,9-12H2,(H,23,27);1H. The molecule has 2 fully saturated rings. The number of nitrogens with one attached hydrogen (secondary N) is 2. The summed E-state index contributed by atoms with van der Waals surface area (Å²) in [6.45, 7) is 2.99. The smallest absolute Gasteiger partial charge is 0.253 e. The molecule has 2 atom stereocenters. The highest BCUT2D eigenvalue weighted by Gasteiger charge is 2.26. The van der Waals surface area contributed by atoms with E-state index >= 15 is 0 Å². The quantitative estimate of drug-likeness (QED) is 0.765. The lowest BCUT2D eigenvalue weighted by Gasteiger charge is -2.33. The van der Waals surface area contributed by atoms with E-state index < -0.39 is 0 Å². The Kier molecular flexibility index (Phi) is 7.22. The fraction of sp³-hybridized carbons (Fsp3) is 0.500. The van der Waals surface area contributed by atoms with Gasteiger partial charge in [0, 0.05) is 25.2 Å². The molecule has 3 heterocycles. The van der Waals surface area contributed by atoms with Gasteiger partial charge in [0.15, 0.2) is 0 Å². The Morgan fingerprint density at radius 3 is 2.69 bits per heavy atom. The average Bonchev–Trinajstić information content (AvgIpc) is 3.46. The van der Waals surface area contributed by atoms with Crippen molar-refractivity contribution in [2.75, 3.05) is 26.2 Å². The molecule has 0 bridgehead atoms. The summed E-state index contributed by atoms with van der Waals surface area (Å²) >= 11 is 0. The number of carbonyl (C=O) groups excluding carboxylic acids is 2. The van der Waals surface area contributed by atoms with Crippen LogP contribution in [0.4, 0.5) is 0 Å². The maximum absolute atomic E-state index is 12.9. The molecule has 29 heavy (non-hydrogen) atoms. The van der Waals surface area contributed by atoms with Gasteiger partial charge < -0.3 is 15.5 Å². The maximum Gasteiger partial charge on any atom is 0.253 e. The molecule has 1 aromatic carbocycles. The second-order valence-corrected chi connectivity index (χ2v) is 7.54. The third kappa shape index (κ3) is 5.13. The van der Waals surface area contributed by atoms with Gasteiger partial charge in [-0.3, -0.25) is 9.59 Å². The summed E-state index contributed by atoms with van der Waals surface area (Å²) in [5.74, 6) is 0.431. The maximum atomic E-state index is 12.9. The van der Waals surface area contributed by atoms with Crippen LogP contribution in [0.15, 0.2) is 36.9 Å². The second-order valence-electron chi connectivity index (χ2n) is 7.54. The summed E-state index contributed by atoms with van der Waals surface area (Å²) in [7, 11) is 0. The molecule has 2 N–H and O–H groups in total. The predicted octanol–water partition coefficient (Wildman–Crippen LogP) is 1.41. The number of carbonyl (C=O) groups is 2. The number of halogens is 1. The van der Waals surface area contributed by atoms with E-state index in [9.17, 15) is 9.59 Å². The van der Waals surface area contributed by atoms with E-state index in [0.717, 1.165) is 44.5 Å². The molecule has 1 aromatic heterocycles. The predicted molar refractivity (Wildman–Crippen MR) is 111 cm³/mol. The monoisotopic (exact) mass is 418 g/mol. The van der Waals surface area contributed by atoms with Crippen molar-refractivity contribution in [3.8, 4) is 5.69 Å². The molecule has 2 saturated heterocycles. The number of rotatable bonds is 5. The zero-order valence-corrected chi connectivity index (χ0v) is 17.1. The van der Waals surface area contributed by atoms with E-state index in [0.29, 0.717) is 24.6 Å². The van der Waals surface area contributed by atoms with Gasteiger partial charge in [0.1, 0.15) is 12.7 Å². The molecule has 4 rings (SSSR count). The highest BCUT2D eigenvalue weighted by atomic mass is 35.5. The molecule has 2 unspecified atom stereocenters. The van der Waals surface area contributed by atoms with Crippen molar-refractivity contribution >= 4 is 24.2 Å². The van der Waals surface area contributed by atoms with Crippen LogP contribution in [0, 0.1) is 5.92 Å². The Labute approximate surface area is 176 Å². The van der Waals surface area contributed by atoms with Gasteiger partial charge in [0.2, 0.25) is 5.91 Å². The number of likely N-dealkylation sites (tertiary alicyclic amines) is 1. The fourth-order valence-electron chi connectivity index (χ4n) is 3.97. The zero-order chi connectivity index (χ0) is 19.3. The van der Waals surface area contributed by atoms with E-state index in [4.69, 9.17) is 0 Å². The van der Waals surface area contributed by atoms with Gasteiger partial charge in [0.05, 0.1) is 11.7 Å². The summed E-state index contributed by atoms with van der Waals surface area (Å²) < 4.78 is 1.66. The van der Waals surface area contributed by atoms with E-state index in [2.05, 4.69) is 20.7 Å². The van der Waals surface area contributed by atoms with Crippen molar-refractivity contribution in [3.05, 3.63) is 42.5 Å². The summed E-state index contributed by atoms with van der Waals surface area (Å²) in [6, 6.07) is 7.35. The lowest BCUT2D eigenvalue weighted by Crippen LogP contribution is -2.46. The van der Waals surface area contributed by atoms with Crippen molar-refractivity contribution in [2.45, 2.75) is 31.7 Å². The summed E-state index contributed by atoms with van der Waals surface area (Å²) in [5, 5.41) is 10.4. The van der Waals surface area contributed by atoms with Crippen LogP contribution in [-0.2, 0) is 4.79 Å². The molecule has 2 aliphatic rings. The SMILES string of the molecule is Cl.O=C(NCC1CCCN(C(=O)c2ccc(-n3cncn3)cc2)C1)C1CCCN1. The van der Waals surface area contributed by atoms with Gasteiger partial charge in [-0.15, -0.1) is 12.4 Å². The van der Waals surface area contributed by atoms with Crippen LogP contribution < -0.4 is 10.6 Å². The van der Waals surface area contributed by atoms with Crippen molar-refractivity contribution in [3.63, 3.8) is 0 Å². The number of amides is 2. The third-order valence-corrected chi connectivity index (χ3v) is 5.55. The van der Waals surface area contributed by atoms with Crippen LogP contribution >= 0.6 is 12.4 Å². The zero-order valence-electron chi connectivity index (χ0n) is 16.3. The average molecular weight is 419 g/mol. The van der Waals surface area contributed by atoms with E-state index in [1.807, 2.05) is 29.2 Å². The molecule has 156 valence electrons. The van der Waals surface area contributed by atoms with E-state index in [1.54, 1.807) is 11.0 Å². The Balaban J connectivity index is 0.00000240. The third-order valence-electron chi connectivity index (χ3n) is 5.55. The number of aromatic nitrogens is 3. The van der Waals surface area contributed by atoms with Crippen molar-refractivity contribution in [2.24, 2.45) is 5.92 Å². The summed E-state index contributed by atoms with van der Waals surface area (Å²) in [5.41, 5.74) is 1.54. The molecule has 2 aliphatic heterocycles. The first kappa shape index (κ1) is 21.3. The van der Waals surface area contributed by atoms with E-state index in [1.165, 1.54) is 6.33 Å². The Morgan fingerprint density at radius 2 is 2.00 bits per heavy atom. The van der Waals surface area contributed by atoms with Crippen LogP contribution in [0.2, 0.25) is 0 Å². The minimum absolute atomic E-state index is 0. The van der Waals surface area contributed by atoms with Gasteiger partial charge in [-0.25, -0.2) is 9.67 Å². The lowest BCUT2D eigenvalue weighted by atomic mass is 9.97. The molecular weight excluding hydrogens is 392 g/mol. The highest BCUT2D eigenvalue weighted by molar-refractivity contribution is 5.94. The first-order valence-electron chi connectivity index (χ1n) is 9.96. The minimum atomic E-state index is -0.0511. The lowest BCUT2D eigenvalue weighted by molar-refractivity contribution is -0.123. The molecule has 0 saturated carbocycles. The highest BCUT2D eigenvalue weighted by Crippen LogP contribution is 2.19. The Hall–Kier alpha value is -2.45. The van der Waals surface area contributed by atoms with Gasteiger partial charge >= 0.3 is 0 Å². The van der Waals surface area contributed by atoms with Gasteiger partial charge in [-0.05, 0) is 62.4 Å². The Morgan fingerprint density at radius 1 is 1.17 bits per heavy atom. The number of benzene rings is 1. The first-order chi connectivity index (χ1) is 13.7. The van der Waals surface area contributed by atoms with Crippen molar-refractivity contribution < 1.29 is 9.59 Å². The van der Waals surface area contributed by atoms with Gasteiger partial charge in [0.25, 0.3) is 5.91 Å². The molecule has 0 radical (unpaired) electrons. The normalized spacial score (nSPS) is 21.4. The minimum Gasteiger partial charge on any atom is -0.354 e. The number of hydrogen-bond acceptors (Lipinski definition) is 5. The Bertz CT molecular complexity index is 805. The van der Waals surface area contributed by atoms with Crippen LogP contribution in [0.3, 0.4) is 0 Å². The topological polar surface area (TPSA) is 92.2 Å². The molecule has 9 heteroatoms. The molecule has 0 spiro atoms. The van der Waals surface area contributed by atoms with Crippen LogP contribution in [0.1, 0.15) is 36.0 Å². The van der Waals surface area contributed by atoms with Crippen LogP contribution in [0.25, 0.3) is 5.69 Å². The molecule has 2 aromatic rings. The largest absolute Gasteiger partial charge is 0.354 e. The van der Waals surface area contributed by atoms with Crippen LogP contribution in [-0.4, -0.2) is 63.7 Å². The second kappa shape index (κ2) is 9.84. The van der Waals surface area contributed by atoms with Crippen LogP contribution in [0.5, 0.6) is 0 Å². The fourth-order valence-corrected chi connectivity index (χ4v) is 3.97. The van der Waals surface area contributed by atoms with E-state index in [-0.39, 0.29) is 30.3 Å². The summed E-state index contributed by atoms with van der Waals surface area (Å²) in [6.07, 6.45) is 7.07. The first-order valence-corrected chi connectivity index (χ1v) is 9.96. The van der Waals surface area contributed by atoms with Crippen molar-refractivity contribution in [1.29, 1.82) is 0 Å².